The molecule has 7 heteroatoms. The van der Waals surface area contributed by atoms with Gasteiger partial charge in [0.15, 0.2) is 0 Å². The molecule has 0 atom stereocenters. The lowest BCUT2D eigenvalue weighted by Crippen LogP contribution is -2.22. The van der Waals surface area contributed by atoms with Crippen LogP contribution in [0.15, 0.2) is 15.6 Å². The van der Waals surface area contributed by atoms with E-state index in [1.807, 2.05) is 0 Å². The van der Waals surface area contributed by atoms with Crippen molar-refractivity contribution in [1.29, 1.82) is 0 Å². The van der Waals surface area contributed by atoms with Crippen LogP contribution in [0.4, 0.5) is 8.78 Å². The van der Waals surface area contributed by atoms with Crippen molar-refractivity contribution in [2.75, 3.05) is 6.61 Å². The molecule has 16 heavy (non-hydrogen) atoms. The van der Waals surface area contributed by atoms with Crippen molar-refractivity contribution >= 4 is 21.9 Å². The van der Waals surface area contributed by atoms with Gasteiger partial charge in [0.05, 0.1) is 12.2 Å². The molecule has 1 rings (SSSR count). The van der Waals surface area contributed by atoms with Gasteiger partial charge in [0.1, 0.15) is 10.2 Å². The standard InChI is InChI=1S/C9H8BrF2NO3/c1-2-16-9(15)5-6(14)4(8(11)12)3-13-7(5)10/h3,8H,2H2,1H3,(H,13,14). The minimum Gasteiger partial charge on any atom is -0.462 e. The third kappa shape index (κ3) is 2.46. The molecule has 0 aromatic carbocycles. The van der Waals surface area contributed by atoms with Gasteiger partial charge >= 0.3 is 5.97 Å². The van der Waals surface area contributed by atoms with Gasteiger partial charge in [0.2, 0.25) is 5.43 Å². The molecule has 0 spiro atoms. The van der Waals surface area contributed by atoms with Gasteiger partial charge in [-0.2, -0.15) is 0 Å². The first-order valence-electron chi connectivity index (χ1n) is 4.35. The highest BCUT2D eigenvalue weighted by Gasteiger charge is 2.22. The summed E-state index contributed by atoms with van der Waals surface area (Å²) >= 11 is 2.90. The van der Waals surface area contributed by atoms with Gasteiger partial charge in [-0.15, -0.1) is 0 Å². The number of aromatic amines is 1. The average Bonchev–Trinajstić information content (AvgIpc) is 2.17. The van der Waals surface area contributed by atoms with Crippen molar-refractivity contribution in [1.82, 2.24) is 4.98 Å². The minimum atomic E-state index is -2.94. The van der Waals surface area contributed by atoms with E-state index in [2.05, 4.69) is 25.7 Å². The van der Waals surface area contributed by atoms with Crippen molar-refractivity contribution in [3.63, 3.8) is 0 Å². The Hall–Kier alpha value is -1.24. The molecule has 0 radical (unpaired) electrons. The fourth-order valence-corrected chi connectivity index (χ4v) is 1.53. The summed E-state index contributed by atoms with van der Waals surface area (Å²) in [6, 6.07) is 0. The number of H-pyrrole nitrogens is 1. The number of ether oxygens (including phenoxy) is 1. The predicted octanol–water partition coefficient (Wildman–Crippen LogP) is 2.25. The number of carbonyl (C=O) groups is 1. The lowest BCUT2D eigenvalue weighted by atomic mass is 10.2. The highest BCUT2D eigenvalue weighted by atomic mass is 79.9. The summed E-state index contributed by atoms with van der Waals surface area (Å²) in [6.45, 7) is 1.61. The Morgan fingerprint density at radius 3 is 2.75 bits per heavy atom. The molecular formula is C9H8BrF2NO3. The molecule has 4 nitrogen and oxygen atoms in total. The van der Waals surface area contributed by atoms with Gasteiger partial charge in [0.25, 0.3) is 6.43 Å². The normalized spacial score (nSPS) is 10.6. The van der Waals surface area contributed by atoms with Crippen LogP contribution in [0.1, 0.15) is 29.3 Å². The van der Waals surface area contributed by atoms with Crippen molar-refractivity contribution in [3.05, 3.63) is 32.2 Å². The van der Waals surface area contributed by atoms with E-state index in [1.54, 1.807) is 6.92 Å². The van der Waals surface area contributed by atoms with Crippen LogP contribution in [0.3, 0.4) is 0 Å². The third-order valence-corrected chi connectivity index (χ3v) is 2.40. The molecule has 1 aromatic heterocycles. The monoisotopic (exact) mass is 295 g/mol. The van der Waals surface area contributed by atoms with Crippen molar-refractivity contribution in [2.45, 2.75) is 13.3 Å². The quantitative estimate of drug-likeness (QED) is 0.687. The molecule has 0 fully saturated rings. The number of pyridine rings is 1. The van der Waals surface area contributed by atoms with Crippen LogP contribution in [-0.2, 0) is 4.74 Å². The van der Waals surface area contributed by atoms with E-state index in [1.165, 1.54) is 0 Å². The summed E-state index contributed by atoms with van der Waals surface area (Å²) < 4.78 is 29.4. The highest BCUT2D eigenvalue weighted by Crippen LogP contribution is 2.18. The number of nitrogens with one attached hydrogen (secondary N) is 1. The average molecular weight is 296 g/mol. The Morgan fingerprint density at radius 2 is 2.25 bits per heavy atom. The van der Waals surface area contributed by atoms with Crippen LogP contribution in [-0.4, -0.2) is 17.6 Å². The highest BCUT2D eigenvalue weighted by molar-refractivity contribution is 9.10. The van der Waals surface area contributed by atoms with Crippen molar-refractivity contribution in [2.24, 2.45) is 0 Å². The maximum atomic E-state index is 12.4. The lowest BCUT2D eigenvalue weighted by molar-refractivity contribution is 0.0522. The van der Waals surface area contributed by atoms with Crippen molar-refractivity contribution in [3.8, 4) is 0 Å². The Morgan fingerprint density at radius 1 is 1.62 bits per heavy atom. The molecule has 0 unspecified atom stereocenters. The maximum absolute atomic E-state index is 12.4. The molecule has 1 aromatic rings. The van der Waals surface area contributed by atoms with E-state index >= 15 is 0 Å². The molecule has 0 saturated heterocycles. The minimum absolute atomic E-state index is 0.0281. The van der Waals surface area contributed by atoms with Crippen LogP contribution >= 0.6 is 15.9 Å². The van der Waals surface area contributed by atoms with Crippen LogP contribution in [0.25, 0.3) is 0 Å². The van der Waals surface area contributed by atoms with E-state index < -0.39 is 29.0 Å². The zero-order valence-corrected chi connectivity index (χ0v) is 9.81. The SMILES string of the molecule is CCOC(=O)c1c(Br)[nH]cc(C(F)F)c1=O. The molecule has 0 saturated carbocycles. The van der Waals surface area contributed by atoms with Crippen molar-refractivity contribution < 1.29 is 18.3 Å². The molecule has 1 heterocycles. The molecule has 0 aliphatic heterocycles. The van der Waals surface area contributed by atoms with Gasteiger partial charge in [-0.25, -0.2) is 13.6 Å². The molecule has 0 bridgehead atoms. The Labute approximate surface area is 97.7 Å². The second-order valence-electron chi connectivity index (χ2n) is 2.78. The lowest BCUT2D eigenvalue weighted by Gasteiger charge is -2.05. The fraction of sp³-hybridized carbons (Fsp3) is 0.333. The summed E-state index contributed by atoms with van der Waals surface area (Å²) in [5.41, 5.74) is -2.23. The number of esters is 1. The molecular weight excluding hydrogens is 288 g/mol. The van der Waals surface area contributed by atoms with E-state index in [4.69, 9.17) is 0 Å². The van der Waals surface area contributed by atoms with Crippen LogP contribution < -0.4 is 5.43 Å². The summed E-state index contributed by atoms with van der Waals surface area (Å²) in [4.78, 5) is 25.2. The maximum Gasteiger partial charge on any atom is 0.344 e. The number of rotatable bonds is 3. The predicted molar refractivity (Wildman–Crippen MR) is 55.7 cm³/mol. The number of hydrogen-bond donors (Lipinski definition) is 1. The van der Waals surface area contributed by atoms with Crippen LogP contribution in [0.5, 0.6) is 0 Å². The fourth-order valence-electron chi connectivity index (χ4n) is 1.07. The Bertz CT molecular complexity index is 459. The zero-order chi connectivity index (χ0) is 12.3. The van der Waals surface area contributed by atoms with Crippen LogP contribution in [0, 0.1) is 0 Å². The van der Waals surface area contributed by atoms with Crippen LogP contribution in [0.2, 0.25) is 0 Å². The summed E-state index contributed by atoms with van der Waals surface area (Å²) in [5.74, 6) is -0.932. The first-order valence-corrected chi connectivity index (χ1v) is 5.14. The van der Waals surface area contributed by atoms with Gasteiger partial charge in [-0.05, 0) is 22.9 Å². The zero-order valence-electron chi connectivity index (χ0n) is 8.22. The first-order chi connectivity index (χ1) is 7.49. The van der Waals surface area contributed by atoms with E-state index in [0.29, 0.717) is 0 Å². The van der Waals surface area contributed by atoms with Gasteiger partial charge in [-0.3, -0.25) is 4.79 Å². The molecule has 0 aliphatic carbocycles. The van der Waals surface area contributed by atoms with Gasteiger partial charge in [-0.1, -0.05) is 0 Å². The first kappa shape index (κ1) is 12.8. The molecule has 0 aliphatic rings. The number of carbonyl (C=O) groups excluding carboxylic acids is 1. The third-order valence-electron chi connectivity index (χ3n) is 1.78. The number of aromatic nitrogens is 1. The summed E-state index contributed by atoms with van der Waals surface area (Å²) in [7, 11) is 0. The Kier molecular flexibility index (Phi) is 4.17. The smallest absolute Gasteiger partial charge is 0.344 e. The van der Waals surface area contributed by atoms with E-state index in [9.17, 15) is 18.4 Å². The number of alkyl halides is 2. The van der Waals surface area contributed by atoms with E-state index in [-0.39, 0.29) is 11.2 Å². The molecule has 0 amide bonds. The second kappa shape index (κ2) is 5.20. The molecule has 1 N–H and O–H groups in total. The largest absolute Gasteiger partial charge is 0.462 e. The summed E-state index contributed by atoms with van der Waals surface area (Å²) in [5, 5.41) is 0. The summed E-state index contributed by atoms with van der Waals surface area (Å²) in [6.07, 6.45) is -2.08. The van der Waals surface area contributed by atoms with Gasteiger partial charge < -0.3 is 9.72 Å². The second-order valence-corrected chi connectivity index (χ2v) is 3.58. The Balaban J connectivity index is 3.32. The van der Waals surface area contributed by atoms with E-state index in [0.717, 1.165) is 6.20 Å². The number of halogens is 3. The topological polar surface area (TPSA) is 59.2 Å². The van der Waals surface area contributed by atoms with Gasteiger partial charge in [0, 0.05) is 6.20 Å². The molecule has 88 valence electrons. The number of hydrogen-bond acceptors (Lipinski definition) is 3.